The van der Waals surface area contributed by atoms with Gasteiger partial charge in [-0.25, -0.2) is 18.7 Å². The molecule has 5 aromatic rings. The third-order valence-electron chi connectivity index (χ3n) is 7.79. The number of nitrogens with one attached hydrogen (secondary N) is 1. The van der Waals surface area contributed by atoms with Gasteiger partial charge in [0.05, 0.1) is 40.2 Å². The second-order valence-corrected chi connectivity index (χ2v) is 11.8. The number of amides is 1. The summed E-state index contributed by atoms with van der Waals surface area (Å²) in [5, 5.41) is 10.5. The topological polar surface area (TPSA) is 80.9 Å². The number of benzene rings is 2. The van der Waals surface area contributed by atoms with Crippen molar-refractivity contribution in [3.63, 3.8) is 0 Å². The van der Waals surface area contributed by atoms with E-state index in [9.17, 15) is 9.18 Å². The molecule has 1 N–H and O–H groups in total. The number of rotatable bonds is 6. The number of anilines is 2. The number of carbonyl (C=O) groups is 1. The molecule has 3 aromatic heterocycles. The SMILES string of the molecule is O=C(Nc1nccs1)C(c1ncn2c1C[C@@H](F)C2)n1cc2c(F)cc(-c3ccc(N4CCCCC4)c(Cl)c3)cc2n1. The number of carbonyl (C=O) groups excluding carboxylic acids is 1. The molecule has 7 rings (SSSR count). The van der Waals surface area contributed by atoms with Crippen LogP contribution in [0.3, 0.4) is 0 Å². The van der Waals surface area contributed by atoms with Gasteiger partial charge in [0.25, 0.3) is 5.91 Å². The van der Waals surface area contributed by atoms with E-state index >= 15 is 4.39 Å². The predicted octanol–water partition coefficient (Wildman–Crippen LogP) is 6.26. The normalized spacial score (nSPS) is 17.6. The Balaban J connectivity index is 1.26. The zero-order chi connectivity index (χ0) is 28.1. The first kappa shape index (κ1) is 26.1. The average Bonchev–Trinajstić information content (AvgIpc) is 3.76. The molecule has 1 saturated heterocycles. The number of aromatic nitrogens is 5. The number of imidazole rings is 1. The number of piperidine rings is 1. The molecule has 2 atom stereocenters. The van der Waals surface area contributed by atoms with Crippen molar-refractivity contribution in [3.8, 4) is 11.1 Å². The highest BCUT2D eigenvalue weighted by atomic mass is 35.5. The fourth-order valence-electron chi connectivity index (χ4n) is 5.82. The molecule has 0 aliphatic carbocycles. The first-order valence-corrected chi connectivity index (χ1v) is 14.8. The molecule has 1 amide bonds. The summed E-state index contributed by atoms with van der Waals surface area (Å²) in [6, 6.07) is 7.97. The van der Waals surface area contributed by atoms with Crippen LogP contribution < -0.4 is 10.2 Å². The van der Waals surface area contributed by atoms with E-state index < -0.39 is 23.9 Å². The standard InChI is InChI=1S/C29H26ClF2N7OS/c30-21-10-17(4-5-24(21)37-7-2-1-3-8-37)18-11-22(32)20-15-39(36-23(20)12-18)27(28(40)35-29-33-6-9-41-29)26-25-13-19(31)14-38(25)16-34-26/h4-6,9-12,15-16,19,27H,1-3,7-8,13-14H2,(H,33,35,40)/t19-,27?/m1/s1. The minimum absolute atomic E-state index is 0.143. The maximum absolute atomic E-state index is 15.5. The van der Waals surface area contributed by atoms with Crippen LogP contribution in [0.4, 0.5) is 19.6 Å². The zero-order valence-electron chi connectivity index (χ0n) is 21.9. The third kappa shape index (κ3) is 4.87. The molecule has 210 valence electrons. The van der Waals surface area contributed by atoms with Crippen molar-refractivity contribution >= 4 is 50.6 Å². The summed E-state index contributed by atoms with van der Waals surface area (Å²) in [7, 11) is 0. The Kier molecular flexibility index (Phi) is 6.70. The second-order valence-electron chi connectivity index (χ2n) is 10.5. The Morgan fingerprint density at radius 3 is 2.76 bits per heavy atom. The maximum Gasteiger partial charge on any atom is 0.257 e. The van der Waals surface area contributed by atoms with Gasteiger partial charge in [-0.2, -0.15) is 5.10 Å². The predicted molar refractivity (Wildman–Crippen MR) is 156 cm³/mol. The van der Waals surface area contributed by atoms with Gasteiger partial charge >= 0.3 is 0 Å². The van der Waals surface area contributed by atoms with Gasteiger partial charge in [-0.1, -0.05) is 17.7 Å². The number of nitrogens with zero attached hydrogens (tertiary/aromatic N) is 6. The lowest BCUT2D eigenvalue weighted by molar-refractivity contribution is -0.118. The molecule has 5 heterocycles. The van der Waals surface area contributed by atoms with Crippen LogP contribution in [0.1, 0.15) is 36.7 Å². The summed E-state index contributed by atoms with van der Waals surface area (Å²) in [4.78, 5) is 24.5. The summed E-state index contributed by atoms with van der Waals surface area (Å²) < 4.78 is 32.9. The largest absolute Gasteiger partial charge is 0.370 e. The number of hydrogen-bond donors (Lipinski definition) is 1. The Hall–Kier alpha value is -3.83. The van der Waals surface area contributed by atoms with Crippen molar-refractivity contribution in [2.75, 3.05) is 23.3 Å². The van der Waals surface area contributed by atoms with E-state index in [1.807, 2.05) is 18.2 Å². The molecule has 1 unspecified atom stereocenters. The summed E-state index contributed by atoms with van der Waals surface area (Å²) in [5.41, 5.74) is 3.76. The minimum atomic E-state index is -1.06. The van der Waals surface area contributed by atoms with Gasteiger partial charge in [0.1, 0.15) is 12.0 Å². The highest BCUT2D eigenvalue weighted by Gasteiger charge is 2.34. The minimum Gasteiger partial charge on any atom is -0.370 e. The van der Waals surface area contributed by atoms with E-state index in [1.165, 1.54) is 41.0 Å². The van der Waals surface area contributed by atoms with Crippen LogP contribution in [0.5, 0.6) is 0 Å². The summed E-state index contributed by atoms with van der Waals surface area (Å²) >= 11 is 7.96. The number of alkyl halides is 1. The van der Waals surface area contributed by atoms with E-state index in [1.54, 1.807) is 22.2 Å². The van der Waals surface area contributed by atoms with E-state index in [4.69, 9.17) is 11.6 Å². The first-order valence-electron chi connectivity index (χ1n) is 13.6. The molecular formula is C29H26ClF2N7OS. The van der Waals surface area contributed by atoms with Gasteiger partial charge in [-0.05, 0) is 54.7 Å². The Bertz CT molecular complexity index is 1750. The van der Waals surface area contributed by atoms with Crippen molar-refractivity contribution < 1.29 is 13.6 Å². The van der Waals surface area contributed by atoms with E-state index in [2.05, 4.69) is 25.3 Å². The number of halogens is 3. The molecule has 8 nitrogen and oxygen atoms in total. The fraction of sp³-hybridized carbons (Fsp3) is 0.310. The smallest absolute Gasteiger partial charge is 0.257 e. The van der Waals surface area contributed by atoms with Gasteiger partial charge < -0.3 is 9.47 Å². The van der Waals surface area contributed by atoms with Crippen molar-refractivity contribution in [2.45, 2.75) is 44.4 Å². The van der Waals surface area contributed by atoms with Crippen molar-refractivity contribution in [1.29, 1.82) is 0 Å². The molecule has 12 heteroatoms. The van der Waals surface area contributed by atoms with Gasteiger partial charge in [-0.3, -0.25) is 14.8 Å². The lowest BCUT2D eigenvalue weighted by Crippen LogP contribution is -2.29. The lowest BCUT2D eigenvalue weighted by atomic mass is 10.0. The Morgan fingerprint density at radius 1 is 1.12 bits per heavy atom. The number of fused-ring (bicyclic) bond motifs is 2. The van der Waals surface area contributed by atoms with Crippen molar-refractivity contribution in [2.24, 2.45) is 0 Å². The van der Waals surface area contributed by atoms with Gasteiger partial charge in [0.15, 0.2) is 11.2 Å². The quantitative estimate of drug-likeness (QED) is 0.251. The van der Waals surface area contributed by atoms with Crippen LogP contribution in [-0.2, 0) is 17.8 Å². The number of thiazole rings is 1. The number of hydrogen-bond acceptors (Lipinski definition) is 6. The molecule has 0 saturated carbocycles. The molecule has 0 bridgehead atoms. The molecule has 2 aliphatic rings. The van der Waals surface area contributed by atoms with Crippen LogP contribution in [-0.4, -0.2) is 49.5 Å². The van der Waals surface area contributed by atoms with Crippen LogP contribution >= 0.6 is 22.9 Å². The van der Waals surface area contributed by atoms with Gasteiger partial charge in [0, 0.05) is 43.0 Å². The Labute approximate surface area is 243 Å². The summed E-state index contributed by atoms with van der Waals surface area (Å²) in [6.07, 6.45) is 7.22. The summed E-state index contributed by atoms with van der Waals surface area (Å²) in [5.74, 6) is -0.921. The molecule has 2 aliphatic heterocycles. The molecule has 0 spiro atoms. The van der Waals surface area contributed by atoms with E-state index in [0.29, 0.717) is 32.6 Å². The maximum atomic E-state index is 15.5. The van der Waals surface area contributed by atoms with Gasteiger partial charge in [0.2, 0.25) is 0 Å². The zero-order valence-corrected chi connectivity index (χ0v) is 23.5. The Morgan fingerprint density at radius 2 is 1.98 bits per heavy atom. The molecule has 1 fully saturated rings. The highest BCUT2D eigenvalue weighted by Crippen LogP contribution is 2.35. The van der Waals surface area contributed by atoms with Crippen molar-refractivity contribution in [3.05, 3.63) is 76.7 Å². The highest BCUT2D eigenvalue weighted by molar-refractivity contribution is 7.13. The van der Waals surface area contributed by atoms with Crippen LogP contribution in [0.2, 0.25) is 5.02 Å². The first-order chi connectivity index (χ1) is 19.9. The monoisotopic (exact) mass is 593 g/mol. The lowest BCUT2D eigenvalue weighted by Gasteiger charge is -2.29. The summed E-state index contributed by atoms with van der Waals surface area (Å²) in [6.45, 7) is 2.13. The molecule has 0 radical (unpaired) electrons. The van der Waals surface area contributed by atoms with Crippen LogP contribution in [0.15, 0.2) is 54.4 Å². The average molecular weight is 594 g/mol. The molecule has 41 heavy (non-hydrogen) atoms. The van der Waals surface area contributed by atoms with E-state index in [0.717, 1.165) is 37.2 Å². The third-order valence-corrected chi connectivity index (χ3v) is 8.78. The van der Waals surface area contributed by atoms with Crippen molar-refractivity contribution in [1.82, 2.24) is 24.3 Å². The van der Waals surface area contributed by atoms with Crippen LogP contribution in [0.25, 0.3) is 22.0 Å². The van der Waals surface area contributed by atoms with E-state index in [-0.39, 0.29) is 18.4 Å². The fourth-order valence-corrected chi connectivity index (χ4v) is 6.66. The van der Waals surface area contributed by atoms with Gasteiger partial charge in [-0.15, -0.1) is 11.3 Å². The molecule has 2 aromatic carbocycles. The van der Waals surface area contributed by atoms with Crippen LogP contribution in [0, 0.1) is 5.82 Å². The second kappa shape index (κ2) is 10.5. The molecular weight excluding hydrogens is 568 g/mol.